The number of carbonyl (C=O) groups is 1. The van der Waals surface area contributed by atoms with E-state index in [4.69, 9.17) is 0 Å². The number of hydrogen-bond donors (Lipinski definition) is 3. The molecule has 3 unspecified atom stereocenters. The minimum absolute atomic E-state index is 0.0739. The Morgan fingerprint density at radius 3 is 2.73 bits per heavy atom. The Kier molecular flexibility index (Phi) is 4.61. The highest BCUT2D eigenvalue weighted by Gasteiger charge is 2.39. The zero-order valence-electron chi connectivity index (χ0n) is 14.9. The van der Waals surface area contributed by atoms with Crippen molar-refractivity contribution in [1.29, 1.82) is 0 Å². The van der Waals surface area contributed by atoms with E-state index in [-0.39, 0.29) is 11.8 Å². The van der Waals surface area contributed by atoms with Crippen molar-refractivity contribution >= 4 is 17.6 Å². The van der Waals surface area contributed by atoms with Crippen LogP contribution in [0.1, 0.15) is 35.8 Å². The van der Waals surface area contributed by atoms with Gasteiger partial charge in [0.1, 0.15) is 0 Å². The van der Waals surface area contributed by atoms with Crippen LogP contribution in [0, 0.1) is 0 Å². The zero-order chi connectivity index (χ0) is 17.9. The number of nitrogens with one attached hydrogen (secondary N) is 3. The van der Waals surface area contributed by atoms with Gasteiger partial charge in [-0.3, -0.25) is 9.79 Å². The van der Waals surface area contributed by atoms with E-state index in [2.05, 4.69) is 51.3 Å². The lowest BCUT2D eigenvalue weighted by Gasteiger charge is -2.26. The standard InChI is InChI=1S/C21H24N4O/c1-22-21(25-19-12-17(19)14-7-3-2-4-8-14)23-13-15-11-20(26)24-18-10-6-5-9-16(15)18/h2-10,15,17,19H,11-13H2,1H3,(H,24,26)(H2,22,23,25). The lowest BCUT2D eigenvalue weighted by atomic mass is 9.90. The summed E-state index contributed by atoms with van der Waals surface area (Å²) >= 11 is 0. The molecule has 4 rings (SSSR count). The van der Waals surface area contributed by atoms with E-state index in [1.165, 1.54) is 11.1 Å². The van der Waals surface area contributed by atoms with Gasteiger partial charge in [0.25, 0.3) is 0 Å². The van der Waals surface area contributed by atoms with Crippen molar-refractivity contribution in [2.75, 3.05) is 18.9 Å². The first-order valence-electron chi connectivity index (χ1n) is 9.15. The number of hydrogen-bond acceptors (Lipinski definition) is 2. The Morgan fingerprint density at radius 2 is 1.92 bits per heavy atom. The summed E-state index contributed by atoms with van der Waals surface area (Å²) in [5.41, 5.74) is 3.48. The zero-order valence-corrected chi connectivity index (χ0v) is 14.9. The molecule has 0 bridgehead atoms. The van der Waals surface area contributed by atoms with Gasteiger partial charge in [-0.2, -0.15) is 0 Å². The van der Waals surface area contributed by atoms with E-state index in [1.807, 2.05) is 24.3 Å². The summed E-state index contributed by atoms with van der Waals surface area (Å²) in [5.74, 6) is 1.58. The third kappa shape index (κ3) is 3.57. The molecule has 2 aromatic rings. The molecule has 26 heavy (non-hydrogen) atoms. The monoisotopic (exact) mass is 348 g/mol. The predicted molar refractivity (Wildman–Crippen MR) is 105 cm³/mol. The quantitative estimate of drug-likeness (QED) is 0.588. The summed E-state index contributed by atoms with van der Waals surface area (Å²) in [7, 11) is 1.79. The Bertz CT molecular complexity index is 818. The van der Waals surface area contributed by atoms with Crippen LogP contribution in [-0.2, 0) is 4.79 Å². The Labute approximate surface area is 153 Å². The van der Waals surface area contributed by atoms with Crippen LogP contribution in [0.4, 0.5) is 5.69 Å². The number of anilines is 1. The lowest BCUT2D eigenvalue weighted by molar-refractivity contribution is -0.116. The van der Waals surface area contributed by atoms with Gasteiger partial charge >= 0.3 is 0 Å². The van der Waals surface area contributed by atoms with Crippen molar-refractivity contribution in [3.63, 3.8) is 0 Å². The normalized spacial score (nSPS) is 24.4. The first-order chi connectivity index (χ1) is 12.7. The van der Waals surface area contributed by atoms with Crippen molar-refractivity contribution < 1.29 is 4.79 Å². The summed E-state index contributed by atoms with van der Waals surface area (Å²) in [4.78, 5) is 16.3. The third-order valence-electron chi connectivity index (χ3n) is 5.19. The van der Waals surface area contributed by atoms with Gasteiger partial charge in [-0.15, -0.1) is 0 Å². The highest BCUT2D eigenvalue weighted by Crippen LogP contribution is 2.40. The Balaban J connectivity index is 1.35. The van der Waals surface area contributed by atoms with Crippen molar-refractivity contribution in [3.05, 3.63) is 65.7 Å². The maximum atomic E-state index is 12.0. The Morgan fingerprint density at radius 1 is 1.15 bits per heavy atom. The minimum Gasteiger partial charge on any atom is -0.356 e. The number of benzene rings is 2. The van der Waals surface area contributed by atoms with Crippen LogP contribution in [-0.4, -0.2) is 31.5 Å². The van der Waals surface area contributed by atoms with E-state index >= 15 is 0 Å². The molecule has 1 amide bonds. The number of fused-ring (bicyclic) bond motifs is 1. The molecule has 5 nitrogen and oxygen atoms in total. The van der Waals surface area contributed by atoms with Crippen LogP contribution in [0.15, 0.2) is 59.6 Å². The number of guanidine groups is 1. The SMILES string of the molecule is CN=C(NCC1CC(=O)Nc2ccccc21)NC1CC1c1ccccc1. The topological polar surface area (TPSA) is 65.5 Å². The maximum absolute atomic E-state index is 12.0. The van der Waals surface area contributed by atoms with Crippen LogP contribution >= 0.6 is 0 Å². The second kappa shape index (κ2) is 7.20. The van der Waals surface area contributed by atoms with Gasteiger partial charge in [0.2, 0.25) is 5.91 Å². The van der Waals surface area contributed by atoms with Crippen LogP contribution in [0.25, 0.3) is 0 Å². The van der Waals surface area contributed by atoms with Crippen LogP contribution in [0.3, 0.4) is 0 Å². The van der Waals surface area contributed by atoms with Crippen molar-refractivity contribution in [1.82, 2.24) is 10.6 Å². The molecule has 3 N–H and O–H groups in total. The van der Waals surface area contributed by atoms with Gasteiger partial charge in [0.15, 0.2) is 5.96 Å². The van der Waals surface area contributed by atoms with E-state index in [9.17, 15) is 4.79 Å². The van der Waals surface area contributed by atoms with Gasteiger partial charge in [-0.05, 0) is 23.6 Å². The summed E-state index contributed by atoms with van der Waals surface area (Å²) < 4.78 is 0. The van der Waals surface area contributed by atoms with Crippen LogP contribution < -0.4 is 16.0 Å². The predicted octanol–water partition coefficient (Wildman–Crippen LogP) is 2.83. The van der Waals surface area contributed by atoms with E-state index in [0.717, 1.165) is 18.1 Å². The van der Waals surface area contributed by atoms with Gasteiger partial charge in [0.05, 0.1) is 0 Å². The van der Waals surface area contributed by atoms with Gasteiger partial charge in [-0.25, -0.2) is 0 Å². The molecule has 0 aromatic heterocycles. The summed E-state index contributed by atoms with van der Waals surface area (Å²) in [6.45, 7) is 0.687. The molecular weight excluding hydrogens is 324 g/mol. The minimum atomic E-state index is 0.0739. The summed E-state index contributed by atoms with van der Waals surface area (Å²) in [6.07, 6.45) is 1.62. The fourth-order valence-corrected chi connectivity index (χ4v) is 3.70. The lowest BCUT2D eigenvalue weighted by Crippen LogP contribution is -2.42. The number of nitrogens with zero attached hydrogens (tertiary/aromatic N) is 1. The van der Waals surface area contributed by atoms with E-state index in [0.29, 0.717) is 24.9 Å². The van der Waals surface area contributed by atoms with Gasteiger partial charge in [0, 0.05) is 43.6 Å². The maximum Gasteiger partial charge on any atom is 0.225 e. The highest BCUT2D eigenvalue weighted by atomic mass is 16.1. The molecule has 0 saturated heterocycles. The second-order valence-electron chi connectivity index (χ2n) is 6.99. The van der Waals surface area contributed by atoms with Crippen molar-refractivity contribution in [2.24, 2.45) is 4.99 Å². The average molecular weight is 348 g/mol. The number of carbonyl (C=O) groups excluding carboxylic acids is 1. The largest absolute Gasteiger partial charge is 0.356 e. The molecule has 0 spiro atoms. The average Bonchev–Trinajstić information content (AvgIpc) is 3.44. The fourth-order valence-electron chi connectivity index (χ4n) is 3.70. The number of amides is 1. The van der Waals surface area contributed by atoms with Crippen LogP contribution in [0.2, 0.25) is 0 Å². The summed E-state index contributed by atoms with van der Waals surface area (Å²) in [6, 6.07) is 19.0. The Hall–Kier alpha value is -2.82. The highest BCUT2D eigenvalue weighted by molar-refractivity contribution is 5.94. The first kappa shape index (κ1) is 16.6. The molecule has 1 fully saturated rings. The summed E-state index contributed by atoms with van der Waals surface area (Å²) in [5, 5.41) is 9.85. The smallest absolute Gasteiger partial charge is 0.225 e. The van der Waals surface area contributed by atoms with Crippen LogP contribution in [0.5, 0.6) is 0 Å². The molecule has 1 aliphatic carbocycles. The molecule has 3 atom stereocenters. The molecular formula is C21H24N4O. The van der Waals surface area contributed by atoms with E-state index in [1.54, 1.807) is 7.05 Å². The molecule has 134 valence electrons. The van der Waals surface area contributed by atoms with Gasteiger partial charge in [-0.1, -0.05) is 48.5 Å². The third-order valence-corrected chi connectivity index (χ3v) is 5.19. The molecule has 2 aliphatic rings. The van der Waals surface area contributed by atoms with Crippen molar-refractivity contribution in [2.45, 2.75) is 30.7 Å². The second-order valence-corrected chi connectivity index (χ2v) is 6.99. The first-order valence-corrected chi connectivity index (χ1v) is 9.15. The molecule has 5 heteroatoms. The number of rotatable bonds is 4. The molecule has 2 aromatic carbocycles. The molecule has 1 aliphatic heterocycles. The van der Waals surface area contributed by atoms with E-state index < -0.39 is 0 Å². The number of para-hydroxylation sites is 1. The van der Waals surface area contributed by atoms with Crippen molar-refractivity contribution in [3.8, 4) is 0 Å². The molecule has 1 saturated carbocycles. The van der Waals surface area contributed by atoms with Gasteiger partial charge < -0.3 is 16.0 Å². The molecule has 1 heterocycles. The fraction of sp³-hybridized carbons (Fsp3) is 0.333. The number of aliphatic imine (C=N–C) groups is 1. The molecule has 0 radical (unpaired) electrons.